The Morgan fingerprint density at radius 3 is 2.81 bits per heavy atom. The van der Waals surface area contributed by atoms with E-state index in [0.29, 0.717) is 11.8 Å². The Balaban J connectivity index is 1.46. The maximum atomic E-state index is 12.2. The first kappa shape index (κ1) is 17.5. The predicted octanol–water partition coefficient (Wildman–Crippen LogP) is 4.76. The third-order valence-corrected chi connectivity index (χ3v) is 8.92. The van der Waals surface area contributed by atoms with Crippen molar-refractivity contribution in [1.82, 2.24) is 10.3 Å². The molecule has 1 unspecified atom stereocenters. The smallest absolute Gasteiger partial charge is 0.220 e. The van der Waals surface area contributed by atoms with Crippen molar-refractivity contribution in [3.05, 3.63) is 35.7 Å². The molecule has 0 aromatic carbocycles. The molecule has 3 nitrogen and oxygen atoms in total. The van der Waals surface area contributed by atoms with Crippen molar-refractivity contribution in [2.24, 2.45) is 34.5 Å². The van der Waals surface area contributed by atoms with E-state index in [4.69, 9.17) is 0 Å². The highest BCUT2D eigenvalue weighted by atomic mass is 16.1. The second-order valence-corrected chi connectivity index (χ2v) is 10.2. The van der Waals surface area contributed by atoms with E-state index in [-0.39, 0.29) is 16.7 Å². The zero-order valence-electron chi connectivity index (χ0n) is 16.9. The van der Waals surface area contributed by atoms with Gasteiger partial charge in [0.2, 0.25) is 5.91 Å². The van der Waals surface area contributed by atoms with Crippen LogP contribution in [0.3, 0.4) is 0 Å². The zero-order valence-corrected chi connectivity index (χ0v) is 16.9. The van der Waals surface area contributed by atoms with E-state index >= 15 is 0 Å². The van der Waals surface area contributed by atoms with E-state index in [0.717, 1.165) is 24.8 Å². The highest BCUT2D eigenvalue weighted by Gasteiger charge is 2.58. The summed E-state index contributed by atoms with van der Waals surface area (Å²) in [6.07, 6.45) is 13.6. The number of nitrogens with one attached hydrogen (secondary N) is 1. The van der Waals surface area contributed by atoms with Gasteiger partial charge in [-0.3, -0.25) is 9.78 Å². The fourth-order valence-corrected chi connectivity index (χ4v) is 7.51. The van der Waals surface area contributed by atoms with Crippen molar-refractivity contribution in [1.29, 1.82) is 0 Å². The number of fused-ring (bicyclic) bond motifs is 5. The van der Waals surface area contributed by atoms with Crippen LogP contribution in [0.2, 0.25) is 0 Å². The lowest BCUT2D eigenvalue weighted by molar-refractivity contribution is -0.139. The first-order chi connectivity index (χ1) is 12.9. The third-order valence-electron chi connectivity index (χ3n) is 8.92. The molecule has 0 radical (unpaired) electrons. The fraction of sp³-hybridized carbons (Fsp3) is 0.667. The Bertz CT molecular complexity index is 814. The van der Waals surface area contributed by atoms with Gasteiger partial charge in [0.25, 0.3) is 0 Å². The van der Waals surface area contributed by atoms with E-state index in [1.54, 1.807) is 0 Å². The number of piperidine rings is 1. The number of aryl methyl sites for hydroxylation is 1. The predicted molar refractivity (Wildman–Crippen MR) is 108 cm³/mol. The lowest BCUT2D eigenvalue weighted by atomic mass is 9.46. The third kappa shape index (κ3) is 2.46. The van der Waals surface area contributed by atoms with Gasteiger partial charge in [0, 0.05) is 25.4 Å². The van der Waals surface area contributed by atoms with E-state index in [9.17, 15) is 4.79 Å². The van der Waals surface area contributed by atoms with Gasteiger partial charge in [-0.25, -0.2) is 0 Å². The van der Waals surface area contributed by atoms with Crippen LogP contribution >= 0.6 is 0 Å². The Morgan fingerprint density at radius 2 is 2.00 bits per heavy atom. The van der Waals surface area contributed by atoms with Crippen LogP contribution in [-0.2, 0) is 4.79 Å². The molecule has 2 saturated carbocycles. The minimum absolute atomic E-state index is 0.209. The summed E-state index contributed by atoms with van der Waals surface area (Å²) in [5, 5.41) is 3.13. The van der Waals surface area contributed by atoms with Gasteiger partial charge in [0.05, 0.1) is 0 Å². The van der Waals surface area contributed by atoms with Crippen LogP contribution < -0.4 is 5.32 Å². The van der Waals surface area contributed by atoms with E-state index in [2.05, 4.69) is 49.4 Å². The molecule has 1 aliphatic heterocycles. The number of nitrogens with zero attached hydrogens (tertiary/aromatic N) is 1. The molecule has 0 spiro atoms. The van der Waals surface area contributed by atoms with Gasteiger partial charge in [0.1, 0.15) is 0 Å². The van der Waals surface area contributed by atoms with Crippen molar-refractivity contribution in [3.63, 3.8) is 0 Å². The van der Waals surface area contributed by atoms with Gasteiger partial charge in [-0.1, -0.05) is 19.9 Å². The molecule has 1 N–H and O–H groups in total. The molecular weight excluding hydrogens is 332 g/mol. The summed E-state index contributed by atoms with van der Waals surface area (Å²) >= 11 is 0. The number of aromatic nitrogens is 1. The molecule has 1 aromatic rings. The standard InChI is InChI=1S/C24H32N2O/c1-15-10-16(13-25-12-15)19-6-7-20-18-5-4-17-14-26-22(27)11-24(17,3)21(18)8-9-23(19,20)2/h6,10,12-13,17-18,20-21H,4-5,7-9,11,14H2,1-3H3,(H,26,27)/t17-,18?,20-,21-,23+,24-/m0/s1. The summed E-state index contributed by atoms with van der Waals surface area (Å²) in [4.78, 5) is 16.7. The molecule has 144 valence electrons. The highest BCUT2D eigenvalue weighted by molar-refractivity contribution is 5.78. The van der Waals surface area contributed by atoms with Crippen molar-refractivity contribution < 1.29 is 4.79 Å². The lowest BCUT2D eigenvalue weighted by Crippen LogP contribution is -2.57. The van der Waals surface area contributed by atoms with Crippen molar-refractivity contribution in [2.75, 3.05) is 6.54 Å². The number of rotatable bonds is 1. The maximum Gasteiger partial charge on any atom is 0.220 e. The average molecular weight is 365 g/mol. The monoisotopic (exact) mass is 364 g/mol. The van der Waals surface area contributed by atoms with E-state index < -0.39 is 0 Å². The molecule has 2 heterocycles. The van der Waals surface area contributed by atoms with Crippen LogP contribution in [0.4, 0.5) is 0 Å². The topological polar surface area (TPSA) is 42.0 Å². The summed E-state index contributed by atoms with van der Waals surface area (Å²) in [7, 11) is 0. The summed E-state index contributed by atoms with van der Waals surface area (Å²) in [6.45, 7) is 7.98. The van der Waals surface area contributed by atoms with Crippen molar-refractivity contribution >= 4 is 11.5 Å². The second-order valence-electron chi connectivity index (χ2n) is 10.2. The van der Waals surface area contributed by atoms with Gasteiger partial charge in [-0.2, -0.15) is 0 Å². The number of amides is 1. The Kier molecular flexibility index (Phi) is 3.83. The van der Waals surface area contributed by atoms with Crippen LogP contribution in [-0.4, -0.2) is 17.4 Å². The van der Waals surface area contributed by atoms with Crippen LogP contribution in [0.1, 0.15) is 63.5 Å². The Morgan fingerprint density at radius 1 is 1.15 bits per heavy atom. The highest BCUT2D eigenvalue weighted by Crippen LogP contribution is 2.66. The quantitative estimate of drug-likeness (QED) is 0.780. The van der Waals surface area contributed by atoms with Gasteiger partial charge < -0.3 is 5.32 Å². The van der Waals surface area contributed by atoms with Crippen LogP contribution in [0.15, 0.2) is 24.5 Å². The number of hydrogen-bond acceptors (Lipinski definition) is 2. The molecule has 1 saturated heterocycles. The van der Waals surface area contributed by atoms with Crippen LogP contribution in [0.25, 0.3) is 5.57 Å². The number of carbonyl (C=O) groups is 1. The second kappa shape index (κ2) is 5.93. The summed E-state index contributed by atoms with van der Waals surface area (Å²) < 4.78 is 0. The fourth-order valence-electron chi connectivity index (χ4n) is 7.51. The SMILES string of the molecule is Cc1cncc(C2=CC[C@H]3C4CC[C@H]5CNC(=O)C[C@]5(C)[C@H]4CC[C@]23C)c1. The molecule has 3 aliphatic carbocycles. The van der Waals surface area contributed by atoms with E-state index in [1.807, 2.05) is 6.20 Å². The number of allylic oxidation sites excluding steroid dienone is 2. The Labute approximate surface area is 163 Å². The normalized spacial score (nSPS) is 43.2. The molecule has 27 heavy (non-hydrogen) atoms. The maximum absolute atomic E-state index is 12.2. The summed E-state index contributed by atoms with van der Waals surface area (Å²) in [5.41, 5.74) is 4.60. The largest absolute Gasteiger partial charge is 0.356 e. The minimum atomic E-state index is 0.209. The van der Waals surface area contributed by atoms with Crippen LogP contribution in [0, 0.1) is 41.4 Å². The number of carbonyl (C=O) groups excluding carboxylic acids is 1. The molecule has 5 rings (SSSR count). The van der Waals surface area contributed by atoms with Crippen LogP contribution in [0.5, 0.6) is 0 Å². The molecule has 6 atom stereocenters. The molecule has 0 bridgehead atoms. The first-order valence-corrected chi connectivity index (χ1v) is 10.8. The molecular formula is C24H32N2O. The number of pyridine rings is 1. The van der Waals surface area contributed by atoms with Gasteiger partial charge >= 0.3 is 0 Å². The zero-order chi connectivity index (χ0) is 18.8. The average Bonchev–Trinajstić information content (AvgIpc) is 2.98. The van der Waals surface area contributed by atoms with Crippen molar-refractivity contribution in [3.8, 4) is 0 Å². The summed E-state index contributed by atoms with van der Waals surface area (Å²) in [5.74, 6) is 3.16. The van der Waals surface area contributed by atoms with Crippen molar-refractivity contribution in [2.45, 2.75) is 59.3 Å². The molecule has 1 amide bonds. The van der Waals surface area contributed by atoms with E-state index in [1.165, 1.54) is 48.8 Å². The first-order valence-electron chi connectivity index (χ1n) is 10.8. The molecule has 3 fully saturated rings. The number of hydrogen-bond donors (Lipinski definition) is 1. The lowest BCUT2D eigenvalue weighted by Gasteiger charge is -2.59. The van der Waals surface area contributed by atoms with Gasteiger partial charge in [-0.15, -0.1) is 0 Å². The van der Waals surface area contributed by atoms with Gasteiger partial charge in [-0.05, 0) is 96.3 Å². The Hall–Kier alpha value is -1.64. The summed E-state index contributed by atoms with van der Waals surface area (Å²) in [6, 6.07) is 2.31. The van der Waals surface area contributed by atoms with Gasteiger partial charge in [0.15, 0.2) is 0 Å². The molecule has 3 heteroatoms. The molecule has 1 aromatic heterocycles. The molecule has 4 aliphatic rings. The minimum Gasteiger partial charge on any atom is -0.356 e.